The van der Waals surface area contributed by atoms with Crippen LogP contribution >= 0.6 is 38.9 Å². The fourth-order valence-corrected chi connectivity index (χ4v) is 2.42. The molecule has 0 aliphatic rings. The molecule has 13 heavy (non-hydrogen) atoms. The summed E-state index contributed by atoms with van der Waals surface area (Å²) < 4.78 is 1.06. The Morgan fingerprint density at radius 2 is 2.46 bits per heavy atom. The average molecular weight is 283 g/mol. The highest BCUT2D eigenvalue weighted by atomic mass is 79.9. The van der Waals surface area contributed by atoms with Crippen LogP contribution in [0.2, 0.25) is 0 Å². The number of nitrogens with one attached hydrogen (secondary N) is 1. The van der Waals surface area contributed by atoms with E-state index in [1.54, 1.807) is 11.3 Å². The van der Waals surface area contributed by atoms with Gasteiger partial charge in [-0.05, 0) is 35.0 Å². The van der Waals surface area contributed by atoms with Gasteiger partial charge in [0, 0.05) is 4.88 Å². The van der Waals surface area contributed by atoms with E-state index in [-0.39, 0.29) is 17.8 Å². The van der Waals surface area contributed by atoms with Crippen LogP contribution < -0.4 is 5.32 Å². The van der Waals surface area contributed by atoms with Crippen LogP contribution in [-0.4, -0.2) is 11.8 Å². The topological polar surface area (TPSA) is 29.1 Å². The maximum absolute atomic E-state index is 11.0. The van der Waals surface area contributed by atoms with Gasteiger partial charge in [0.25, 0.3) is 0 Å². The zero-order valence-electron chi connectivity index (χ0n) is 7.01. The standard InChI is InChI=1S/C8H9BrClNOS/c1-5(11-8(12)4-10)6-2-3-7(9)13-6/h2-3,5H,4H2,1H3,(H,11,12). The summed E-state index contributed by atoms with van der Waals surface area (Å²) in [5.74, 6) is -0.129. The molecule has 0 bridgehead atoms. The van der Waals surface area contributed by atoms with Crippen LogP contribution in [0.25, 0.3) is 0 Å². The molecule has 1 aromatic heterocycles. The zero-order valence-corrected chi connectivity index (χ0v) is 10.2. The minimum Gasteiger partial charge on any atom is -0.348 e. The van der Waals surface area contributed by atoms with E-state index in [4.69, 9.17) is 11.6 Å². The number of rotatable bonds is 3. The number of amides is 1. The molecule has 0 aliphatic carbocycles. The largest absolute Gasteiger partial charge is 0.348 e. The van der Waals surface area contributed by atoms with Crippen LogP contribution in [0.4, 0.5) is 0 Å². The number of carbonyl (C=O) groups excluding carboxylic acids is 1. The molecule has 1 aromatic rings. The van der Waals surface area contributed by atoms with Crippen molar-refractivity contribution in [3.63, 3.8) is 0 Å². The van der Waals surface area contributed by atoms with Gasteiger partial charge in [-0.25, -0.2) is 0 Å². The molecule has 0 fully saturated rings. The predicted octanol–water partition coefficient (Wildman–Crippen LogP) is 2.93. The Morgan fingerprint density at radius 1 is 1.77 bits per heavy atom. The van der Waals surface area contributed by atoms with E-state index in [0.29, 0.717) is 0 Å². The van der Waals surface area contributed by atoms with Crippen molar-refractivity contribution < 1.29 is 4.79 Å². The average Bonchev–Trinajstić information content (AvgIpc) is 2.51. The lowest BCUT2D eigenvalue weighted by molar-refractivity contribution is -0.119. The van der Waals surface area contributed by atoms with E-state index in [1.165, 1.54) is 0 Å². The van der Waals surface area contributed by atoms with Gasteiger partial charge in [-0.3, -0.25) is 4.79 Å². The highest BCUT2D eigenvalue weighted by Crippen LogP contribution is 2.26. The van der Waals surface area contributed by atoms with E-state index >= 15 is 0 Å². The van der Waals surface area contributed by atoms with Crippen LogP contribution in [0, 0.1) is 0 Å². The summed E-state index contributed by atoms with van der Waals surface area (Å²) in [4.78, 5) is 12.1. The SMILES string of the molecule is CC(NC(=O)CCl)c1ccc(Br)s1. The molecular weight excluding hydrogens is 274 g/mol. The van der Waals surface area contributed by atoms with E-state index < -0.39 is 0 Å². The van der Waals surface area contributed by atoms with Crippen LogP contribution in [-0.2, 0) is 4.79 Å². The van der Waals surface area contributed by atoms with Crippen LogP contribution in [0.3, 0.4) is 0 Å². The fraction of sp³-hybridized carbons (Fsp3) is 0.375. The van der Waals surface area contributed by atoms with Crippen molar-refractivity contribution in [2.24, 2.45) is 0 Å². The first-order chi connectivity index (χ1) is 6.13. The van der Waals surface area contributed by atoms with Crippen molar-refractivity contribution >= 4 is 44.8 Å². The van der Waals surface area contributed by atoms with Crippen molar-refractivity contribution in [3.05, 3.63) is 20.8 Å². The molecule has 0 aromatic carbocycles. The summed E-state index contributed by atoms with van der Waals surface area (Å²) in [6, 6.07) is 3.97. The lowest BCUT2D eigenvalue weighted by Gasteiger charge is -2.10. The predicted molar refractivity (Wildman–Crippen MR) is 59.3 cm³/mol. The first-order valence-electron chi connectivity index (χ1n) is 3.74. The van der Waals surface area contributed by atoms with Crippen molar-refractivity contribution in [2.75, 3.05) is 5.88 Å². The molecule has 1 atom stereocenters. The number of hydrogen-bond donors (Lipinski definition) is 1. The van der Waals surface area contributed by atoms with Gasteiger partial charge in [0.1, 0.15) is 5.88 Å². The van der Waals surface area contributed by atoms with Crippen LogP contribution in [0.15, 0.2) is 15.9 Å². The molecule has 0 radical (unpaired) electrons. The van der Waals surface area contributed by atoms with E-state index in [0.717, 1.165) is 8.66 Å². The van der Waals surface area contributed by atoms with Gasteiger partial charge in [0.15, 0.2) is 0 Å². The van der Waals surface area contributed by atoms with Gasteiger partial charge in [-0.15, -0.1) is 22.9 Å². The molecule has 0 saturated heterocycles. The minimum absolute atomic E-state index is 0.0108. The first kappa shape index (κ1) is 11.0. The second kappa shape index (κ2) is 4.98. The highest BCUT2D eigenvalue weighted by Gasteiger charge is 2.09. The molecule has 2 nitrogen and oxygen atoms in total. The Labute approximate surface area is 94.4 Å². The van der Waals surface area contributed by atoms with E-state index in [1.807, 2.05) is 19.1 Å². The number of hydrogen-bond acceptors (Lipinski definition) is 2. The van der Waals surface area contributed by atoms with Gasteiger partial charge in [0.05, 0.1) is 9.83 Å². The number of alkyl halides is 1. The van der Waals surface area contributed by atoms with Gasteiger partial charge in [-0.1, -0.05) is 0 Å². The van der Waals surface area contributed by atoms with Gasteiger partial charge in [-0.2, -0.15) is 0 Å². The summed E-state index contributed by atoms with van der Waals surface area (Å²) in [6.07, 6.45) is 0. The summed E-state index contributed by atoms with van der Waals surface area (Å²) in [6.45, 7) is 1.93. The molecule has 1 heterocycles. The number of carbonyl (C=O) groups is 1. The Bertz CT molecular complexity index is 302. The molecule has 1 amide bonds. The lowest BCUT2D eigenvalue weighted by atomic mass is 10.3. The molecule has 0 aliphatic heterocycles. The molecule has 1 unspecified atom stereocenters. The van der Waals surface area contributed by atoms with Crippen molar-refractivity contribution in [1.82, 2.24) is 5.32 Å². The fourth-order valence-electron chi connectivity index (χ4n) is 0.912. The number of thiophene rings is 1. The summed E-state index contributed by atoms with van der Waals surface area (Å²) >= 11 is 10.3. The Balaban J connectivity index is 2.58. The molecular formula is C8H9BrClNOS. The third-order valence-corrected chi connectivity index (χ3v) is 3.57. The van der Waals surface area contributed by atoms with Gasteiger partial charge < -0.3 is 5.32 Å². The third-order valence-electron chi connectivity index (χ3n) is 1.52. The van der Waals surface area contributed by atoms with Crippen LogP contribution in [0.5, 0.6) is 0 Å². The quantitative estimate of drug-likeness (QED) is 0.849. The monoisotopic (exact) mass is 281 g/mol. The van der Waals surface area contributed by atoms with E-state index in [9.17, 15) is 4.79 Å². The first-order valence-corrected chi connectivity index (χ1v) is 5.88. The molecule has 0 saturated carbocycles. The summed E-state index contributed by atoms with van der Waals surface area (Å²) in [5, 5.41) is 2.78. The van der Waals surface area contributed by atoms with Crippen molar-refractivity contribution in [2.45, 2.75) is 13.0 Å². The second-order valence-electron chi connectivity index (χ2n) is 2.56. The zero-order chi connectivity index (χ0) is 9.84. The molecule has 1 rings (SSSR count). The van der Waals surface area contributed by atoms with Crippen molar-refractivity contribution in [1.29, 1.82) is 0 Å². The Kier molecular flexibility index (Phi) is 4.22. The molecule has 72 valence electrons. The number of halogens is 2. The summed E-state index contributed by atoms with van der Waals surface area (Å²) in [7, 11) is 0. The highest BCUT2D eigenvalue weighted by molar-refractivity contribution is 9.11. The maximum Gasteiger partial charge on any atom is 0.235 e. The Hall–Kier alpha value is -0.0600. The lowest BCUT2D eigenvalue weighted by Crippen LogP contribution is -2.26. The van der Waals surface area contributed by atoms with Crippen molar-refractivity contribution in [3.8, 4) is 0 Å². The third kappa shape index (κ3) is 3.29. The summed E-state index contributed by atoms with van der Waals surface area (Å²) in [5.41, 5.74) is 0. The molecule has 5 heteroatoms. The Morgan fingerprint density at radius 3 is 2.92 bits per heavy atom. The second-order valence-corrected chi connectivity index (χ2v) is 5.33. The smallest absolute Gasteiger partial charge is 0.235 e. The van der Waals surface area contributed by atoms with E-state index in [2.05, 4.69) is 21.2 Å². The van der Waals surface area contributed by atoms with Gasteiger partial charge in [0.2, 0.25) is 5.91 Å². The normalized spacial score (nSPS) is 12.5. The van der Waals surface area contributed by atoms with Crippen LogP contribution in [0.1, 0.15) is 17.8 Å². The molecule has 0 spiro atoms. The van der Waals surface area contributed by atoms with Gasteiger partial charge >= 0.3 is 0 Å². The minimum atomic E-state index is -0.140. The maximum atomic E-state index is 11.0. The molecule has 1 N–H and O–H groups in total.